The Balaban J connectivity index is 1.72. The van der Waals surface area contributed by atoms with Crippen molar-refractivity contribution < 1.29 is 21.6 Å². The van der Waals surface area contributed by atoms with Gasteiger partial charge in [0.05, 0.1) is 10.5 Å². The van der Waals surface area contributed by atoms with E-state index < -0.39 is 21.8 Å². The average molecular weight is 486 g/mol. The van der Waals surface area contributed by atoms with Crippen molar-refractivity contribution in [2.24, 2.45) is 0 Å². The number of nitrogens with one attached hydrogen (secondary N) is 1. The van der Waals surface area contributed by atoms with Crippen molar-refractivity contribution in [1.29, 1.82) is 0 Å². The SMILES string of the molecule is Nc1n[nH]c(Cc2cc(Cl)c(-c3ccc(S(=O)(=O)N4CCCC4)cc3)c(C(F)(F)F)c2)n1. The van der Waals surface area contributed by atoms with Crippen LogP contribution < -0.4 is 5.73 Å². The number of nitrogens with zero attached hydrogens (tertiary/aromatic N) is 3. The van der Waals surface area contributed by atoms with Gasteiger partial charge in [-0.15, -0.1) is 5.10 Å². The number of sulfonamides is 1. The molecular formula is C20H19ClF3N5O2S. The molecule has 0 radical (unpaired) electrons. The number of aromatic amines is 1. The summed E-state index contributed by atoms with van der Waals surface area (Å²) in [6, 6.07) is 7.72. The van der Waals surface area contributed by atoms with E-state index >= 15 is 0 Å². The summed E-state index contributed by atoms with van der Waals surface area (Å²) in [6.45, 7) is 0.874. The van der Waals surface area contributed by atoms with E-state index in [2.05, 4.69) is 15.2 Å². The average Bonchev–Trinajstić information content (AvgIpc) is 3.39. The minimum absolute atomic E-state index is 0.0114. The van der Waals surface area contributed by atoms with Crippen molar-refractivity contribution >= 4 is 27.6 Å². The molecule has 32 heavy (non-hydrogen) atoms. The van der Waals surface area contributed by atoms with Gasteiger partial charge < -0.3 is 5.73 Å². The van der Waals surface area contributed by atoms with Crippen molar-refractivity contribution in [3.63, 3.8) is 0 Å². The van der Waals surface area contributed by atoms with Crippen LogP contribution in [0.25, 0.3) is 11.1 Å². The first-order valence-electron chi connectivity index (χ1n) is 9.72. The van der Waals surface area contributed by atoms with E-state index in [1.807, 2.05) is 0 Å². The van der Waals surface area contributed by atoms with Gasteiger partial charge in [-0.1, -0.05) is 23.7 Å². The molecule has 3 aromatic rings. The number of hydrogen-bond acceptors (Lipinski definition) is 5. The molecule has 2 heterocycles. The van der Waals surface area contributed by atoms with Gasteiger partial charge in [0.25, 0.3) is 0 Å². The van der Waals surface area contributed by atoms with E-state index in [4.69, 9.17) is 17.3 Å². The lowest BCUT2D eigenvalue weighted by atomic mass is 9.96. The second-order valence-electron chi connectivity index (χ2n) is 7.45. The summed E-state index contributed by atoms with van der Waals surface area (Å²) in [5.74, 6) is 0.290. The maximum atomic E-state index is 13.9. The normalized spacial score (nSPS) is 15.4. The first-order valence-corrected chi connectivity index (χ1v) is 11.5. The number of hydrogen-bond donors (Lipinski definition) is 2. The van der Waals surface area contributed by atoms with Crippen LogP contribution in [0.1, 0.15) is 29.8 Å². The molecule has 3 N–H and O–H groups in total. The molecule has 0 spiro atoms. The van der Waals surface area contributed by atoms with Crippen LogP contribution in [0.3, 0.4) is 0 Å². The maximum Gasteiger partial charge on any atom is 0.417 e. The number of benzene rings is 2. The third-order valence-corrected chi connectivity index (χ3v) is 7.43. The Kier molecular flexibility index (Phi) is 5.91. The van der Waals surface area contributed by atoms with Crippen molar-refractivity contribution in [2.45, 2.75) is 30.3 Å². The Labute approximate surface area is 187 Å². The summed E-state index contributed by atoms with van der Waals surface area (Å²) in [4.78, 5) is 3.93. The van der Waals surface area contributed by atoms with Crippen molar-refractivity contribution in [2.75, 3.05) is 18.8 Å². The Morgan fingerprint density at radius 2 is 1.78 bits per heavy atom. The summed E-state index contributed by atoms with van der Waals surface area (Å²) in [5, 5.41) is 6.10. The highest BCUT2D eigenvalue weighted by molar-refractivity contribution is 7.89. The number of H-pyrrole nitrogens is 1. The van der Waals surface area contributed by atoms with E-state index in [-0.39, 0.29) is 39.0 Å². The zero-order valence-corrected chi connectivity index (χ0v) is 18.2. The zero-order valence-electron chi connectivity index (χ0n) is 16.7. The fraction of sp³-hybridized carbons (Fsp3) is 0.300. The predicted molar refractivity (Wildman–Crippen MR) is 113 cm³/mol. The van der Waals surface area contributed by atoms with Gasteiger partial charge in [0.2, 0.25) is 16.0 Å². The number of alkyl halides is 3. The van der Waals surface area contributed by atoms with Gasteiger partial charge in [-0.3, -0.25) is 5.10 Å². The van der Waals surface area contributed by atoms with E-state index in [0.717, 1.165) is 18.9 Å². The molecule has 12 heteroatoms. The molecule has 1 aliphatic heterocycles. The second kappa shape index (κ2) is 8.38. The van der Waals surface area contributed by atoms with Crippen LogP contribution >= 0.6 is 11.6 Å². The van der Waals surface area contributed by atoms with Crippen LogP contribution in [0.2, 0.25) is 5.02 Å². The van der Waals surface area contributed by atoms with Gasteiger partial charge in [0.15, 0.2) is 0 Å². The van der Waals surface area contributed by atoms with E-state index in [9.17, 15) is 21.6 Å². The molecule has 2 aromatic carbocycles. The zero-order chi connectivity index (χ0) is 23.1. The molecular weight excluding hydrogens is 467 g/mol. The number of aromatic nitrogens is 3. The number of nitrogen functional groups attached to an aromatic ring is 1. The van der Waals surface area contributed by atoms with Crippen molar-refractivity contribution in [1.82, 2.24) is 19.5 Å². The first kappa shape index (κ1) is 22.6. The summed E-state index contributed by atoms with van der Waals surface area (Å²) >= 11 is 6.28. The molecule has 4 rings (SSSR count). The quantitative estimate of drug-likeness (QED) is 0.566. The topological polar surface area (TPSA) is 105 Å². The molecule has 0 amide bonds. The lowest BCUT2D eigenvalue weighted by molar-refractivity contribution is -0.137. The fourth-order valence-electron chi connectivity index (χ4n) is 3.74. The van der Waals surface area contributed by atoms with Gasteiger partial charge in [-0.05, 0) is 48.2 Å². The molecule has 1 fully saturated rings. The molecule has 0 saturated carbocycles. The van der Waals surface area contributed by atoms with Crippen LogP contribution in [-0.2, 0) is 22.6 Å². The largest absolute Gasteiger partial charge is 0.417 e. The fourth-order valence-corrected chi connectivity index (χ4v) is 5.60. The van der Waals surface area contributed by atoms with Crippen molar-refractivity contribution in [3.05, 3.63) is 58.4 Å². The van der Waals surface area contributed by atoms with Gasteiger partial charge in [0.1, 0.15) is 5.82 Å². The third kappa shape index (κ3) is 4.45. The molecule has 1 aromatic heterocycles. The van der Waals surface area contributed by atoms with Crippen LogP contribution in [0.15, 0.2) is 41.3 Å². The highest BCUT2D eigenvalue weighted by Gasteiger charge is 2.35. The lowest BCUT2D eigenvalue weighted by Gasteiger charge is -2.18. The minimum Gasteiger partial charge on any atom is -0.367 e. The molecule has 1 saturated heterocycles. The Morgan fingerprint density at radius 3 is 2.34 bits per heavy atom. The monoisotopic (exact) mass is 485 g/mol. The minimum atomic E-state index is -4.68. The summed E-state index contributed by atoms with van der Waals surface area (Å²) in [5.41, 5.74) is 4.73. The Bertz CT molecular complexity index is 1240. The van der Waals surface area contributed by atoms with Gasteiger partial charge >= 0.3 is 6.18 Å². The number of anilines is 1. The van der Waals surface area contributed by atoms with Crippen LogP contribution in [-0.4, -0.2) is 41.0 Å². The highest BCUT2D eigenvalue weighted by Crippen LogP contribution is 2.42. The second-order valence-corrected chi connectivity index (χ2v) is 9.80. The molecule has 7 nitrogen and oxygen atoms in total. The van der Waals surface area contributed by atoms with Crippen LogP contribution in [0, 0.1) is 0 Å². The number of halogens is 4. The molecule has 1 aliphatic rings. The maximum absolute atomic E-state index is 13.9. The summed E-state index contributed by atoms with van der Waals surface area (Å²) < 4.78 is 68.4. The lowest BCUT2D eigenvalue weighted by Crippen LogP contribution is -2.27. The van der Waals surface area contributed by atoms with Gasteiger partial charge in [-0.25, -0.2) is 8.42 Å². The molecule has 0 atom stereocenters. The van der Waals surface area contributed by atoms with Gasteiger partial charge in [0, 0.05) is 30.1 Å². The van der Waals surface area contributed by atoms with E-state index in [1.165, 1.54) is 34.6 Å². The number of rotatable bonds is 5. The Hall–Kier alpha value is -2.63. The van der Waals surface area contributed by atoms with Crippen LogP contribution in [0.4, 0.5) is 19.1 Å². The summed E-state index contributed by atoms with van der Waals surface area (Å²) in [6.07, 6.45) is -3.08. The first-order chi connectivity index (χ1) is 15.1. The standard InChI is InChI=1S/C20H19ClF3N5O2S/c21-16-10-12(11-17-26-19(25)28-27-17)9-15(20(22,23)24)18(16)13-3-5-14(6-4-13)32(30,31)29-7-1-2-8-29/h3-6,9-10H,1-2,7-8,11H2,(H3,25,26,27,28). The number of nitrogens with two attached hydrogens (primary N) is 1. The predicted octanol–water partition coefficient (Wildman–Crippen LogP) is 4.10. The molecule has 170 valence electrons. The Morgan fingerprint density at radius 1 is 1.12 bits per heavy atom. The summed E-state index contributed by atoms with van der Waals surface area (Å²) in [7, 11) is -3.67. The third-order valence-electron chi connectivity index (χ3n) is 5.22. The van der Waals surface area contributed by atoms with Crippen LogP contribution in [0.5, 0.6) is 0 Å². The smallest absolute Gasteiger partial charge is 0.367 e. The molecule has 0 unspecified atom stereocenters. The highest BCUT2D eigenvalue weighted by atomic mass is 35.5. The molecule has 0 bridgehead atoms. The molecule has 0 aliphatic carbocycles. The van der Waals surface area contributed by atoms with Crippen molar-refractivity contribution in [3.8, 4) is 11.1 Å². The van der Waals surface area contributed by atoms with E-state index in [1.54, 1.807) is 0 Å². The van der Waals surface area contributed by atoms with E-state index in [0.29, 0.717) is 18.9 Å². The van der Waals surface area contributed by atoms with Gasteiger partial charge in [-0.2, -0.15) is 22.5 Å².